The summed E-state index contributed by atoms with van der Waals surface area (Å²) >= 11 is 5.97. The van der Waals surface area contributed by atoms with Gasteiger partial charge in [-0.1, -0.05) is 0 Å². The van der Waals surface area contributed by atoms with Gasteiger partial charge in [-0.15, -0.1) is 0 Å². The van der Waals surface area contributed by atoms with E-state index in [1.54, 1.807) is 0 Å². The van der Waals surface area contributed by atoms with E-state index in [1.807, 2.05) is 0 Å². The van der Waals surface area contributed by atoms with Gasteiger partial charge in [-0.3, -0.25) is 0 Å². The van der Waals surface area contributed by atoms with E-state index in [9.17, 15) is 0 Å². The molecule has 1 aromatic rings. The molecule has 0 radical (unpaired) electrons. The lowest BCUT2D eigenvalue weighted by molar-refractivity contribution is -0.130. The first kappa shape index (κ1) is 13.2. The van der Waals surface area contributed by atoms with Crippen molar-refractivity contribution in [3.63, 3.8) is 0 Å². The number of hydrogen-bond acceptors (Lipinski definition) is 2. The van der Waals surface area contributed by atoms with Crippen molar-refractivity contribution < 1.29 is 4.74 Å². The van der Waals surface area contributed by atoms with Gasteiger partial charge >= 0.3 is 0 Å². The van der Waals surface area contributed by atoms with Gasteiger partial charge in [0.25, 0.3) is 0 Å². The summed E-state index contributed by atoms with van der Waals surface area (Å²) in [6, 6.07) is 7.01. The monoisotopic (exact) mass is 421 g/mol. The van der Waals surface area contributed by atoms with Crippen molar-refractivity contribution in [1.82, 2.24) is 0 Å². The van der Waals surface area contributed by atoms with Crippen LogP contribution in [0.25, 0.3) is 0 Å². The fourth-order valence-electron chi connectivity index (χ4n) is 2.90. The van der Waals surface area contributed by atoms with E-state index < -0.39 is 0 Å². The molecular weight excluding hydrogens is 405 g/mol. The third-order valence-corrected chi connectivity index (χ3v) is 5.38. The van der Waals surface area contributed by atoms with Crippen molar-refractivity contribution in [2.24, 2.45) is 0 Å². The number of benzene rings is 1. The second kappa shape index (κ2) is 5.29. The Balaban J connectivity index is 1.68. The molecule has 2 nitrogen and oxygen atoms in total. The van der Waals surface area contributed by atoms with Gasteiger partial charge in [-0.25, -0.2) is 0 Å². The highest BCUT2D eigenvalue weighted by molar-refractivity contribution is 14.1. The quantitative estimate of drug-likeness (QED) is 0.706. The molecular formula is C14H17BrINO. The SMILES string of the molecule is Brc1cc(I)ccc1NC1CCOC2(CCC2)C1. The minimum atomic E-state index is 0.214. The van der Waals surface area contributed by atoms with E-state index in [1.165, 1.54) is 28.5 Å². The van der Waals surface area contributed by atoms with Crippen molar-refractivity contribution >= 4 is 44.2 Å². The highest BCUT2D eigenvalue weighted by Crippen LogP contribution is 2.43. The van der Waals surface area contributed by atoms with Gasteiger partial charge in [0.2, 0.25) is 0 Å². The topological polar surface area (TPSA) is 21.3 Å². The van der Waals surface area contributed by atoms with Crippen LogP contribution in [0.3, 0.4) is 0 Å². The third kappa shape index (κ3) is 2.70. The fourth-order valence-corrected chi connectivity index (χ4v) is 4.31. The summed E-state index contributed by atoms with van der Waals surface area (Å²) in [6.07, 6.45) is 6.10. The third-order valence-electron chi connectivity index (χ3n) is 4.05. The van der Waals surface area contributed by atoms with E-state index in [2.05, 4.69) is 62.0 Å². The zero-order valence-corrected chi connectivity index (χ0v) is 14.0. The van der Waals surface area contributed by atoms with Crippen LogP contribution in [0.2, 0.25) is 0 Å². The standard InChI is InChI=1S/C14H17BrINO/c15-12-8-10(16)2-3-13(12)17-11-4-7-18-14(9-11)5-1-6-14/h2-3,8,11,17H,1,4-7,9H2. The molecule has 3 rings (SSSR count). The fraction of sp³-hybridized carbons (Fsp3) is 0.571. The van der Waals surface area contributed by atoms with Crippen molar-refractivity contribution in [3.05, 3.63) is 26.2 Å². The van der Waals surface area contributed by atoms with Crippen LogP contribution in [0.5, 0.6) is 0 Å². The molecule has 4 heteroatoms. The lowest BCUT2D eigenvalue weighted by Gasteiger charge is -2.47. The molecule has 0 amide bonds. The summed E-state index contributed by atoms with van der Waals surface area (Å²) in [7, 11) is 0. The predicted octanol–water partition coefficient (Wildman–Crippen LogP) is 4.57. The normalized spacial score (nSPS) is 25.8. The first-order chi connectivity index (χ1) is 8.67. The van der Waals surface area contributed by atoms with E-state index in [0.29, 0.717) is 6.04 Å². The average Bonchev–Trinajstić information content (AvgIpc) is 2.31. The van der Waals surface area contributed by atoms with Crippen LogP contribution in [0.4, 0.5) is 5.69 Å². The molecule has 1 unspecified atom stereocenters. The first-order valence-electron chi connectivity index (χ1n) is 6.52. The summed E-state index contributed by atoms with van der Waals surface area (Å²) in [6.45, 7) is 0.902. The average molecular weight is 422 g/mol. The molecule has 1 aliphatic heterocycles. The van der Waals surface area contributed by atoms with Crippen LogP contribution in [0, 0.1) is 3.57 Å². The zero-order valence-electron chi connectivity index (χ0n) is 10.2. The Bertz CT molecular complexity index is 447. The van der Waals surface area contributed by atoms with E-state index in [0.717, 1.165) is 23.9 Å². The molecule has 18 heavy (non-hydrogen) atoms. The number of nitrogens with one attached hydrogen (secondary N) is 1. The van der Waals surface area contributed by atoms with Gasteiger partial charge < -0.3 is 10.1 Å². The Morgan fingerprint density at radius 2 is 2.22 bits per heavy atom. The number of halogens is 2. The molecule has 0 bridgehead atoms. The Kier molecular flexibility index (Phi) is 3.87. The summed E-state index contributed by atoms with van der Waals surface area (Å²) in [4.78, 5) is 0. The molecule has 98 valence electrons. The Morgan fingerprint density at radius 3 is 2.89 bits per heavy atom. The smallest absolute Gasteiger partial charge is 0.0702 e. The maximum Gasteiger partial charge on any atom is 0.0702 e. The van der Waals surface area contributed by atoms with E-state index >= 15 is 0 Å². The van der Waals surface area contributed by atoms with Gasteiger partial charge in [0, 0.05) is 26.4 Å². The lowest BCUT2D eigenvalue weighted by Crippen LogP contribution is -2.49. The van der Waals surface area contributed by atoms with Gasteiger partial charge in [0.15, 0.2) is 0 Å². The number of hydrogen-bond donors (Lipinski definition) is 1. The van der Waals surface area contributed by atoms with Gasteiger partial charge in [0.05, 0.1) is 5.60 Å². The molecule has 2 aliphatic rings. The lowest BCUT2D eigenvalue weighted by atomic mass is 9.74. The maximum atomic E-state index is 5.97. The number of ether oxygens (including phenoxy) is 1. The summed E-state index contributed by atoms with van der Waals surface area (Å²) in [5.74, 6) is 0. The van der Waals surface area contributed by atoms with Crippen LogP contribution < -0.4 is 5.32 Å². The predicted molar refractivity (Wildman–Crippen MR) is 86.0 cm³/mol. The largest absolute Gasteiger partial charge is 0.381 e. The van der Waals surface area contributed by atoms with Crippen molar-refractivity contribution in [2.45, 2.75) is 43.7 Å². The summed E-state index contributed by atoms with van der Waals surface area (Å²) in [5.41, 5.74) is 1.42. The van der Waals surface area contributed by atoms with Crippen molar-refractivity contribution in [3.8, 4) is 0 Å². The second-order valence-corrected chi connectivity index (χ2v) is 7.44. The summed E-state index contributed by atoms with van der Waals surface area (Å²) in [5, 5.41) is 3.67. The Morgan fingerprint density at radius 1 is 1.39 bits per heavy atom. The van der Waals surface area contributed by atoms with E-state index in [-0.39, 0.29) is 5.60 Å². The number of rotatable bonds is 2. The molecule has 2 fully saturated rings. The molecule has 0 aromatic heterocycles. The van der Waals surface area contributed by atoms with Crippen LogP contribution in [0.15, 0.2) is 22.7 Å². The molecule has 1 saturated carbocycles. The van der Waals surface area contributed by atoms with Crippen LogP contribution in [-0.2, 0) is 4.74 Å². The second-order valence-electron chi connectivity index (χ2n) is 5.34. The van der Waals surface area contributed by atoms with Gasteiger partial charge in [-0.2, -0.15) is 0 Å². The highest BCUT2D eigenvalue weighted by Gasteiger charge is 2.42. The van der Waals surface area contributed by atoms with Crippen LogP contribution >= 0.6 is 38.5 Å². The minimum absolute atomic E-state index is 0.214. The molecule has 1 spiro atoms. The summed E-state index contributed by atoms with van der Waals surface area (Å²) < 4.78 is 8.38. The van der Waals surface area contributed by atoms with Crippen molar-refractivity contribution in [1.29, 1.82) is 0 Å². The molecule has 1 atom stereocenters. The minimum Gasteiger partial charge on any atom is -0.381 e. The van der Waals surface area contributed by atoms with Crippen LogP contribution in [-0.4, -0.2) is 18.2 Å². The zero-order chi connectivity index (χ0) is 12.6. The molecule has 1 heterocycles. The van der Waals surface area contributed by atoms with Crippen LogP contribution in [0.1, 0.15) is 32.1 Å². The Hall–Kier alpha value is 0.190. The van der Waals surface area contributed by atoms with Crippen molar-refractivity contribution in [2.75, 3.05) is 11.9 Å². The van der Waals surface area contributed by atoms with Gasteiger partial charge in [-0.05, 0) is 88.8 Å². The molecule has 1 aliphatic carbocycles. The molecule has 1 aromatic carbocycles. The highest BCUT2D eigenvalue weighted by atomic mass is 127. The molecule has 1 N–H and O–H groups in total. The maximum absolute atomic E-state index is 5.97. The number of anilines is 1. The van der Waals surface area contributed by atoms with Gasteiger partial charge in [0.1, 0.15) is 0 Å². The Labute approximate surface area is 130 Å². The first-order valence-corrected chi connectivity index (χ1v) is 8.40. The van der Waals surface area contributed by atoms with E-state index in [4.69, 9.17) is 4.74 Å². The molecule has 1 saturated heterocycles.